The fourth-order valence-corrected chi connectivity index (χ4v) is 5.41. The first-order valence-electron chi connectivity index (χ1n) is 12.5. The van der Waals surface area contributed by atoms with Crippen LogP contribution < -0.4 is 26.6 Å². The number of benzene rings is 3. The van der Waals surface area contributed by atoms with Gasteiger partial charge in [-0.25, -0.2) is 13.6 Å². The van der Waals surface area contributed by atoms with E-state index < -0.39 is 11.9 Å². The summed E-state index contributed by atoms with van der Waals surface area (Å²) in [5.41, 5.74) is 1.14. The standard InChI is InChI=1S/C29H31F2N2O3.BrH/c30-24-11-9-22(10-12-24)20-32(26-6-4-5-25(31)19-26)29(34)36-28-21-33(15-13-23(28)14-16-33)17-18-35-27-7-2-1-3-8-27;/h1-12,19,23,28H,13-18,20-21H2;1H/q+1;/p-1/t23?,28-,33?;/m0./s1. The molecule has 0 aliphatic carbocycles. The third-order valence-corrected chi connectivity index (χ3v) is 7.47. The molecule has 6 rings (SSSR count). The van der Waals surface area contributed by atoms with Crippen molar-refractivity contribution in [3.05, 3.63) is 96.1 Å². The highest BCUT2D eigenvalue weighted by atomic mass is 79.9. The maximum Gasteiger partial charge on any atom is 0.415 e. The number of ether oxygens (including phenoxy) is 2. The van der Waals surface area contributed by atoms with Gasteiger partial charge in [-0.15, -0.1) is 0 Å². The van der Waals surface area contributed by atoms with E-state index in [1.165, 1.54) is 29.2 Å². The number of fused-ring (bicyclic) bond motifs is 3. The average molecular weight is 573 g/mol. The van der Waals surface area contributed by atoms with Crippen LogP contribution in [0.3, 0.4) is 0 Å². The van der Waals surface area contributed by atoms with Crippen molar-refractivity contribution >= 4 is 11.8 Å². The van der Waals surface area contributed by atoms with Crippen LogP contribution in [-0.4, -0.2) is 49.5 Å². The molecule has 3 saturated heterocycles. The van der Waals surface area contributed by atoms with Crippen molar-refractivity contribution < 1.29 is 44.5 Å². The van der Waals surface area contributed by atoms with Crippen LogP contribution in [0.25, 0.3) is 0 Å². The number of halogens is 3. The first-order chi connectivity index (χ1) is 17.5. The third kappa shape index (κ3) is 6.67. The van der Waals surface area contributed by atoms with Gasteiger partial charge in [-0.3, -0.25) is 4.90 Å². The summed E-state index contributed by atoms with van der Waals surface area (Å²) in [6.07, 6.45) is 1.28. The minimum absolute atomic E-state index is 0. The van der Waals surface area contributed by atoms with Gasteiger partial charge in [0, 0.05) is 18.8 Å². The van der Waals surface area contributed by atoms with Gasteiger partial charge in [0.25, 0.3) is 0 Å². The minimum atomic E-state index is -0.512. The van der Waals surface area contributed by atoms with Crippen molar-refractivity contribution in [3.63, 3.8) is 0 Å². The molecule has 3 aliphatic heterocycles. The summed E-state index contributed by atoms with van der Waals surface area (Å²) in [5.74, 6) is 0.396. The zero-order valence-corrected chi connectivity index (χ0v) is 22.2. The van der Waals surface area contributed by atoms with E-state index in [1.807, 2.05) is 30.3 Å². The van der Waals surface area contributed by atoms with E-state index in [0.717, 1.165) is 54.8 Å². The fraction of sp³-hybridized carbons (Fsp3) is 0.345. The lowest BCUT2D eigenvalue weighted by Crippen LogP contribution is -3.00. The number of para-hydroxylation sites is 1. The Morgan fingerprint density at radius 3 is 2.35 bits per heavy atom. The number of carbonyl (C=O) groups excluding carboxylic acids is 1. The molecule has 37 heavy (non-hydrogen) atoms. The van der Waals surface area contributed by atoms with Crippen molar-refractivity contribution in [1.29, 1.82) is 0 Å². The van der Waals surface area contributed by atoms with Crippen LogP contribution in [0, 0.1) is 17.6 Å². The molecule has 5 nitrogen and oxygen atoms in total. The summed E-state index contributed by atoms with van der Waals surface area (Å²) < 4.78 is 40.4. The van der Waals surface area contributed by atoms with Gasteiger partial charge in [-0.05, 0) is 48.0 Å². The number of amides is 1. The number of nitrogens with zero attached hydrogens (tertiary/aromatic N) is 2. The number of anilines is 1. The molecule has 8 heteroatoms. The summed E-state index contributed by atoms with van der Waals surface area (Å²) in [6, 6.07) is 21.6. The third-order valence-electron chi connectivity index (χ3n) is 7.47. The predicted molar refractivity (Wildman–Crippen MR) is 134 cm³/mol. The monoisotopic (exact) mass is 572 g/mol. The summed E-state index contributed by atoms with van der Waals surface area (Å²) in [7, 11) is 0. The second-order valence-corrected chi connectivity index (χ2v) is 9.81. The van der Waals surface area contributed by atoms with Crippen LogP contribution >= 0.6 is 0 Å². The van der Waals surface area contributed by atoms with Crippen LogP contribution in [0.1, 0.15) is 18.4 Å². The summed E-state index contributed by atoms with van der Waals surface area (Å²) >= 11 is 0. The van der Waals surface area contributed by atoms with E-state index in [1.54, 1.807) is 24.3 Å². The second-order valence-electron chi connectivity index (χ2n) is 9.81. The summed E-state index contributed by atoms with van der Waals surface area (Å²) in [6.45, 7) is 4.49. The molecule has 196 valence electrons. The van der Waals surface area contributed by atoms with Gasteiger partial charge >= 0.3 is 6.09 Å². The molecule has 3 aromatic rings. The van der Waals surface area contributed by atoms with Crippen LogP contribution in [0.5, 0.6) is 5.75 Å². The molecular formula is C29H31BrF2N2O3. The van der Waals surface area contributed by atoms with Gasteiger partial charge in [0.15, 0.2) is 6.10 Å². The average Bonchev–Trinajstić information content (AvgIpc) is 2.89. The number of rotatable bonds is 8. The minimum Gasteiger partial charge on any atom is -1.00 e. The summed E-state index contributed by atoms with van der Waals surface area (Å²) in [5, 5.41) is 0. The maximum atomic E-state index is 14.0. The SMILES string of the molecule is O=C(O[C@H]1C[N+]2(CCOc3ccccc3)CCC1CC2)N(Cc1ccc(F)cc1)c1cccc(F)c1.[Br-]. The molecule has 1 atom stereocenters. The zero-order chi connectivity index (χ0) is 25.0. The van der Waals surface area contributed by atoms with Gasteiger partial charge in [0.1, 0.15) is 37.1 Å². The highest BCUT2D eigenvalue weighted by Gasteiger charge is 2.48. The van der Waals surface area contributed by atoms with Gasteiger partial charge < -0.3 is 30.9 Å². The number of carbonyl (C=O) groups is 1. The Kier molecular flexibility index (Phi) is 8.82. The topological polar surface area (TPSA) is 38.8 Å². The first-order valence-corrected chi connectivity index (χ1v) is 12.5. The van der Waals surface area contributed by atoms with Gasteiger partial charge in [0.05, 0.1) is 25.3 Å². The molecule has 0 unspecified atom stereocenters. The molecule has 0 saturated carbocycles. The highest BCUT2D eigenvalue weighted by Crippen LogP contribution is 2.36. The van der Waals surface area contributed by atoms with E-state index in [-0.39, 0.29) is 35.4 Å². The molecule has 3 aromatic carbocycles. The lowest BCUT2D eigenvalue weighted by atomic mass is 9.83. The lowest BCUT2D eigenvalue weighted by Gasteiger charge is -2.52. The highest BCUT2D eigenvalue weighted by molar-refractivity contribution is 5.87. The quantitative estimate of drug-likeness (QED) is 0.390. The largest absolute Gasteiger partial charge is 1.00 e. The molecule has 3 aliphatic rings. The van der Waals surface area contributed by atoms with E-state index in [2.05, 4.69) is 0 Å². The molecule has 0 radical (unpaired) electrons. The normalized spacial score (nSPS) is 22.1. The Labute approximate surface area is 227 Å². The second kappa shape index (κ2) is 12.0. The first kappa shape index (κ1) is 27.1. The Bertz CT molecular complexity index is 1170. The van der Waals surface area contributed by atoms with Crippen LogP contribution in [0.15, 0.2) is 78.9 Å². The van der Waals surface area contributed by atoms with Gasteiger partial charge in [0.2, 0.25) is 0 Å². The fourth-order valence-electron chi connectivity index (χ4n) is 5.41. The molecule has 2 bridgehead atoms. The predicted octanol–water partition coefficient (Wildman–Crippen LogP) is 2.80. The molecule has 3 fully saturated rings. The summed E-state index contributed by atoms with van der Waals surface area (Å²) in [4.78, 5) is 14.9. The van der Waals surface area contributed by atoms with E-state index >= 15 is 0 Å². The van der Waals surface area contributed by atoms with E-state index in [9.17, 15) is 13.6 Å². The molecule has 0 spiro atoms. The van der Waals surface area contributed by atoms with E-state index in [4.69, 9.17) is 9.47 Å². The zero-order valence-electron chi connectivity index (χ0n) is 20.6. The van der Waals surface area contributed by atoms with Crippen molar-refractivity contribution in [2.24, 2.45) is 5.92 Å². The lowest BCUT2D eigenvalue weighted by molar-refractivity contribution is -0.946. The number of hydrogen-bond acceptors (Lipinski definition) is 3. The smallest absolute Gasteiger partial charge is 0.415 e. The Morgan fingerprint density at radius 1 is 0.919 bits per heavy atom. The van der Waals surface area contributed by atoms with Crippen LogP contribution in [-0.2, 0) is 11.3 Å². The van der Waals surface area contributed by atoms with Crippen LogP contribution in [0.4, 0.5) is 19.3 Å². The van der Waals surface area contributed by atoms with Crippen molar-refractivity contribution in [3.8, 4) is 5.75 Å². The van der Waals surface area contributed by atoms with Crippen molar-refractivity contribution in [1.82, 2.24) is 0 Å². The van der Waals surface area contributed by atoms with Gasteiger partial charge in [-0.1, -0.05) is 36.4 Å². The van der Waals surface area contributed by atoms with E-state index in [0.29, 0.717) is 18.2 Å². The molecule has 1 amide bonds. The van der Waals surface area contributed by atoms with Gasteiger partial charge in [-0.2, -0.15) is 0 Å². The number of piperidine rings is 3. The number of quaternary nitrogens is 1. The number of hydrogen-bond donors (Lipinski definition) is 0. The van der Waals surface area contributed by atoms with Crippen molar-refractivity contribution in [2.75, 3.05) is 37.7 Å². The maximum absolute atomic E-state index is 14.0. The molecule has 3 heterocycles. The molecule has 0 N–H and O–H groups in total. The molecule has 0 aromatic heterocycles. The molecular weight excluding hydrogens is 542 g/mol. The van der Waals surface area contributed by atoms with Crippen LogP contribution in [0.2, 0.25) is 0 Å². The Hall–Kier alpha value is -2.97. The Balaban J connectivity index is 0.00000320. The Morgan fingerprint density at radius 2 is 1.65 bits per heavy atom. The van der Waals surface area contributed by atoms with Crippen molar-refractivity contribution in [2.45, 2.75) is 25.5 Å².